The molecule has 0 saturated carbocycles. The van der Waals surface area contributed by atoms with Gasteiger partial charge in [0.25, 0.3) is 0 Å². The van der Waals surface area contributed by atoms with Crippen LogP contribution in [0.1, 0.15) is 19.9 Å². The lowest BCUT2D eigenvalue weighted by Gasteiger charge is -2.09. The molecule has 126 valence electrons. The molecule has 0 atom stereocenters. The summed E-state index contributed by atoms with van der Waals surface area (Å²) in [5.41, 5.74) is 2.04. The number of rotatable bonds is 3. The molecular weight excluding hydrogens is 325 g/mol. The second kappa shape index (κ2) is 5.70. The zero-order valence-electron chi connectivity index (χ0n) is 12.8. The molecule has 0 amide bonds. The number of fused-ring (bicyclic) bond motifs is 1. The molecular formula is C16H13F3N2O3. The Labute approximate surface area is 134 Å². The molecule has 0 unspecified atom stereocenters. The van der Waals surface area contributed by atoms with Gasteiger partial charge in [-0.3, -0.25) is 4.57 Å². The first-order chi connectivity index (χ1) is 11.2. The lowest BCUT2D eigenvalue weighted by atomic mass is 10.1. The lowest BCUT2D eigenvalue weighted by Crippen LogP contribution is -2.16. The van der Waals surface area contributed by atoms with E-state index in [2.05, 4.69) is 9.72 Å². The molecule has 0 radical (unpaired) electrons. The van der Waals surface area contributed by atoms with Gasteiger partial charge in [0.15, 0.2) is 0 Å². The van der Waals surface area contributed by atoms with Crippen molar-refractivity contribution in [3.8, 4) is 16.9 Å². The van der Waals surface area contributed by atoms with Gasteiger partial charge in [-0.05, 0) is 37.6 Å². The summed E-state index contributed by atoms with van der Waals surface area (Å²) in [4.78, 5) is 15.9. The standard InChI is InChI=1S/C16H13F3N2O3/c1-9(2)21-13-7-11(8-20-14(13)23-15(21)22)10-3-5-12(6-4-10)24-16(17,18)19/h3-9H,1-2H3. The van der Waals surface area contributed by atoms with E-state index in [1.165, 1.54) is 35.0 Å². The number of nitrogens with zero attached hydrogens (tertiary/aromatic N) is 2. The van der Waals surface area contributed by atoms with Crippen molar-refractivity contribution >= 4 is 11.2 Å². The van der Waals surface area contributed by atoms with Crippen LogP contribution in [0.3, 0.4) is 0 Å². The van der Waals surface area contributed by atoms with Crippen LogP contribution < -0.4 is 10.5 Å². The van der Waals surface area contributed by atoms with Gasteiger partial charge in [-0.2, -0.15) is 0 Å². The second-order valence-corrected chi connectivity index (χ2v) is 5.45. The molecule has 2 heterocycles. The summed E-state index contributed by atoms with van der Waals surface area (Å²) in [5.74, 6) is -0.804. The zero-order valence-corrected chi connectivity index (χ0v) is 12.8. The molecule has 3 rings (SSSR count). The number of alkyl halides is 3. The van der Waals surface area contributed by atoms with Gasteiger partial charge >= 0.3 is 12.1 Å². The largest absolute Gasteiger partial charge is 0.573 e. The summed E-state index contributed by atoms with van der Waals surface area (Å²) in [5, 5.41) is 0. The van der Waals surface area contributed by atoms with E-state index in [-0.39, 0.29) is 17.5 Å². The Morgan fingerprint density at radius 3 is 2.42 bits per heavy atom. The number of halogens is 3. The van der Waals surface area contributed by atoms with E-state index in [9.17, 15) is 18.0 Å². The van der Waals surface area contributed by atoms with Crippen molar-refractivity contribution in [2.45, 2.75) is 26.3 Å². The predicted molar refractivity (Wildman–Crippen MR) is 80.8 cm³/mol. The van der Waals surface area contributed by atoms with Crippen LogP contribution in [-0.4, -0.2) is 15.9 Å². The van der Waals surface area contributed by atoms with Gasteiger partial charge in [-0.15, -0.1) is 13.2 Å². The van der Waals surface area contributed by atoms with Crippen molar-refractivity contribution in [3.63, 3.8) is 0 Å². The number of hydrogen-bond donors (Lipinski definition) is 0. The lowest BCUT2D eigenvalue weighted by molar-refractivity contribution is -0.274. The number of hydrogen-bond acceptors (Lipinski definition) is 4. The summed E-state index contributed by atoms with van der Waals surface area (Å²) in [6, 6.07) is 7.02. The number of pyridine rings is 1. The molecule has 0 aliphatic heterocycles. The maximum absolute atomic E-state index is 12.2. The number of aromatic nitrogens is 2. The Bertz CT molecular complexity index is 924. The first kappa shape index (κ1) is 16.1. The average molecular weight is 338 g/mol. The van der Waals surface area contributed by atoms with Crippen LogP contribution in [0.5, 0.6) is 5.75 Å². The minimum Gasteiger partial charge on any atom is -0.406 e. The van der Waals surface area contributed by atoms with Crippen LogP contribution in [0.2, 0.25) is 0 Å². The van der Waals surface area contributed by atoms with Gasteiger partial charge in [0.2, 0.25) is 5.71 Å². The smallest absolute Gasteiger partial charge is 0.406 e. The highest BCUT2D eigenvalue weighted by atomic mass is 19.4. The number of ether oxygens (including phenoxy) is 1. The molecule has 0 spiro atoms. The molecule has 24 heavy (non-hydrogen) atoms. The molecule has 0 bridgehead atoms. The number of oxazole rings is 1. The van der Waals surface area contributed by atoms with E-state index in [1.54, 1.807) is 6.07 Å². The molecule has 0 aliphatic rings. The van der Waals surface area contributed by atoms with E-state index < -0.39 is 12.1 Å². The van der Waals surface area contributed by atoms with Crippen molar-refractivity contribution in [2.75, 3.05) is 0 Å². The molecule has 3 aromatic rings. The van der Waals surface area contributed by atoms with Gasteiger partial charge in [-0.1, -0.05) is 12.1 Å². The van der Waals surface area contributed by atoms with E-state index in [4.69, 9.17) is 4.42 Å². The van der Waals surface area contributed by atoms with E-state index in [0.29, 0.717) is 16.6 Å². The maximum atomic E-state index is 12.2. The van der Waals surface area contributed by atoms with Crippen LogP contribution in [0, 0.1) is 0 Å². The SMILES string of the molecule is CC(C)n1c(=O)oc2ncc(-c3ccc(OC(F)(F)F)cc3)cc21. The van der Waals surface area contributed by atoms with Gasteiger partial charge < -0.3 is 9.15 Å². The van der Waals surface area contributed by atoms with Gasteiger partial charge in [0.05, 0.1) is 0 Å². The van der Waals surface area contributed by atoms with Crippen LogP contribution in [0.25, 0.3) is 22.4 Å². The quantitative estimate of drug-likeness (QED) is 0.720. The Kier molecular flexibility index (Phi) is 3.82. The van der Waals surface area contributed by atoms with Crippen LogP contribution in [-0.2, 0) is 0 Å². The Morgan fingerprint density at radius 2 is 1.83 bits per heavy atom. The summed E-state index contributed by atoms with van der Waals surface area (Å²) < 4.78 is 46.9. The van der Waals surface area contributed by atoms with Crippen molar-refractivity contribution in [1.29, 1.82) is 0 Å². The monoisotopic (exact) mass is 338 g/mol. The number of benzene rings is 1. The van der Waals surface area contributed by atoms with Crippen LogP contribution in [0.15, 0.2) is 45.7 Å². The van der Waals surface area contributed by atoms with Gasteiger partial charge in [0, 0.05) is 17.8 Å². The topological polar surface area (TPSA) is 57.3 Å². The molecule has 5 nitrogen and oxygen atoms in total. The fraction of sp³-hybridized carbons (Fsp3) is 0.250. The molecule has 8 heteroatoms. The fourth-order valence-corrected chi connectivity index (χ4v) is 2.42. The summed E-state index contributed by atoms with van der Waals surface area (Å²) in [6.07, 6.45) is -3.23. The zero-order chi connectivity index (χ0) is 17.5. The fourth-order valence-electron chi connectivity index (χ4n) is 2.42. The third-order valence-corrected chi connectivity index (χ3v) is 3.41. The Balaban J connectivity index is 2.00. The minimum atomic E-state index is -4.73. The van der Waals surface area contributed by atoms with Crippen LogP contribution >= 0.6 is 0 Å². The van der Waals surface area contributed by atoms with E-state index in [1.807, 2.05) is 13.8 Å². The molecule has 2 aromatic heterocycles. The first-order valence-electron chi connectivity index (χ1n) is 7.12. The second-order valence-electron chi connectivity index (χ2n) is 5.45. The van der Waals surface area contributed by atoms with Crippen molar-refractivity contribution in [3.05, 3.63) is 47.1 Å². The van der Waals surface area contributed by atoms with Gasteiger partial charge in [-0.25, -0.2) is 9.78 Å². The third-order valence-electron chi connectivity index (χ3n) is 3.41. The Morgan fingerprint density at radius 1 is 1.17 bits per heavy atom. The predicted octanol–water partition coefficient (Wildman–Crippen LogP) is 4.14. The summed E-state index contributed by atoms with van der Waals surface area (Å²) >= 11 is 0. The first-order valence-corrected chi connectivity index (χ1v) is 7.12. The highest BCUT2D eigenvalue weighted by Crippen LogP contribution is 2.28. The van der Waals surface area contributed by atoms with Crippen molar-refractivity contribution in [1.82, 2.24) is 9.55 Å². The Hall–Kier alpha value is -2.77. The van der Waals surface area contributed by atoms with E-state index in [0.717, 1.165) is 0 Å². The van der Waals surface area contributed by atoms with Crippen molar-refractivity contribution in [2.24, 2.45) is 0 Å². The molecule has 0 N–H and O–H groups in total. The van der Waals surface area contributed by atoms with Crippen molar-refractivity contribution < 1.29 is 22.3 Å². The van der Waals surface area contributed by atoms with Crippen LogP contribution in [0.4, 0.5) is 13.2 Å². The molecule has 1 aromatic carbocycles. The van der Waals surface area contributed by atoms with Gasteiger partial charge in [0.1, 0.15) is 11.3 Å². The minimum absolute atomic E-state index is 0.113. The normalized spacial score (nSPS) is 12.1. The van der Waals surface area contributed by atoms with E-state index >= 15 is 0 Å². The highest BCUT2D eigenvalue weighted by Gasteiger charge is 2.31. The highest BCUT2D eigenvalue weighted by molar-refractivity contribution is 5.77. The molecule has 0 fully saturated rings. The average Bonchev–Trinajstić information content (AvgIpc) is 2.81. The molecule has 0 saturated heterocycles. The molecule has 0 aliphatic carbocycles. The maximum Gasteiger partial charge on any atom is 0.573 e. The summed E-state index contributed by atoms with van der Waals surface area (Å²) in [6.45, 7) is 3.68. The third kappa shape index (κ3) is 3.12. The summed E-state index contributed by atoms with van der Waals surface area (Å²) in [7, 11) is 0.